The van der Waals surface area contributed by atoms with Gasteiger partial charge in [-0.2, -0.15) is 5.10 Å². The van der Waals surface area contributed by atoms with E-state index in [0.29, 0.717) is 11.9 Å². The van der Waals surface area contributed by atoms with Crippen LogP contribution in [-0.2, 0) is 6.42 Å². The van der Waals surface area contributed by atoms with Gasteiger partial charge in [0.1, 0.15) is 0 Å². The standard InChI is InChI=1S/C14H14N6S/c1-7-4-15-13(16-5-7)19-14-18-12-9-6-17-20-11(9)8(2)3-10(12)21-14/h4-6,8H,3H2,1-2H3,(H,17,20)(H,15,16,18,19). The Bertz CT molecular complexity index is 788. The van der Waals surface area contributed by atoms with E-state index in [9.17, 15) is 0 Å². The van der Waals surface area contributed by atoms with Crippen molar-refractivity contribution in [3.05, 3.63) is 34.7 Å². The lowest BCUT2D eigenvalue weighted by molar-refractivity contribution is 0.723. The topological polar surface area (TPSA) is 79.4 Å². The molecule has 6 nitrogen and oxygen atoms in total. The molecule has 3 aromatic heterocycles. The average molecular weight is 298 g/mol. The van der Waals surface area contributed by atoms with Gasteiger partial charge in [-0.25, -0.2) is 15.0 Å². The maximum atomic E-state index is 4.68. The lowest BCUT2D eigenvalue weighted by Crippen LogP contribution is -2.06. The van der Waals surface area contributed by atoms with E-state index in [0.717, 1.165) is 28.4 Å². The highest BCUT2D eigenvalue weighted by atomic mass is 32.1. The largest absolute Gasteiger partial charge is 0.300 e. The summed E-state index contributed by atoms with van der Waals surface area (Å²) in [7, 11) is 0. The predicted molar refractivity (Wildman–Crippen MR) is 81.9 cm³/mol. The number of hydrogen-bond acceptors (Lipinski definition) is 6. The van der Waals surface area contributed by atoms with Gasteiger partial charge in [0.2, 0.25) is 5.95 Å². The quantitative estimate of drug-likeness (QED) is 0.760. The van der Waals surface area contributed by atoms with Gasteiger partial charge in [-0.3, -0.25) is 5.10 Å². The fourth-order valence-electron chi connectivity index (χ4n) is 2.55. The predicted octanol–water partition coefficient (Wildman–Crippen LogP) is 3.03. The number of aromatic amines is 1. The fraction of sp³-hybridized carbons (Fsp3) is 0.286. The van der Waals surface area contributed by atoms with E-state index in [1.807, 2.05) is 13.1 Å². The van der Waals surface area contributed by atoms with Crippen molar-refractivity contribution in [2.24, 2.45) is 0 Å². The number of nitrogens with one attached hydrogen (secondary N) is 2. The van der Waals surface area contributed by atoms with Gasteiger partial charge in [0.15, 0.2) is 5.13 Å². The maximum Gasteiger partial charge on any atom is 0.228 e. The van der Waals surface area contributed by atoms with E-state index in [2.05, 4.69) is 37.4 Å². The van der Waals surface area contributed by atoms with Crippen molar-refractivity contribution in [1.29, 1.82) is 0 Å². The Labute approximate surface area is 125 Å². The fourth-order valence-corrected chi connectivity index (χ4v) is 3.65. The molecule has 0 bridgehead atoms. The molecule has 0 spiro atoms. The van der Waals surface area contributed by atoms with Crippen LogP contribution in [-0.4, -0.2) is 25.1 Å². The Kier molecular flexibility index (Phi) is 2.75. The number of thiazole rings is 1. The maximum absolute atomic E-state index is 4.68. The Balaban J connectivity index is 1.69. The lowest BCUT2D eigenvalue weighted by atomic mass is 9.91. The van der Waals surface area contributed by atoms with Crippen LogP contribution in [0.5, 0.6) is 0 Å². The summed E-state index contributed by atoms with van der Waals surface area (Å²) in [5.74, 6) is 1.02. The zero-order chi connectivity index (χ0) is 14.4. The van der Waals surface area contributed by atoms with Crippen LogP contribution in [0.4, 0.5) is 11.1 Å². The third-order valence-corrected chi connectivity index (χ3v) is 4.60. The van der Waals surface area contributed by atoms with Crippen molar-refractivity contribution in [2.45, 2.75) is 26.2 Å². The summed E-state index contributed by atoms with van der Waals surface area (Å²) in [5.41, 5.74) is 4.34. The van der Waals surface area contributed by atoms with Gasteiger partial charge >= 0.3 is 0 Å². The number of aromatic nitrogens is 5. The molecule has 2 N–H and O–H groups in total. The molecule has 1 unspecified atom stereocenters. The molecule has 3 aromatic rings. The number of fused-ring (bicyclic) bond motifs is 3. The molecule has 0 radical (unpaired) electrons. The molecule has 0 saturated carbocycles. The summed E-state index contributed by atoms with van der Waals surface area (Å²) in [4.78, 5) is 14.5. The molecule has 4 rings (SSSR count). The third kappa shape index (κ3) is 2.09. The molecule has 0 saturated heterocycles. The Morgan fingerprint density at radius 2 is 2.10 bits per heavy atom. The molecule has 1 aliphatic carbocycles. The number of rotatable bonds is 2. The van der Waals surface area contributed by atoms with E-state index in [1.54, 1.807) is 23.7 Å². The van der Waals surface area contributed by atoms with E-state index in [1.165, 1.54) is 10.6 Å². The molecular weight excluding hydrogens is 284 g/mol. The van der Waals surface area contributed by atoms with Gasteiger partial charge in [0.25, 0.3) is 0 Å². The molecule has 1 atom stereocenters. The molecule has 0 aromatic carbocycles. The van der Waals surface area contributed by atoms with Crippen LogP contribution < -0.4 is 5.32 Å². The highest BCUT2D eigenvalue weighted by Crippen LogP contribution is 2.42. The zero-order valence-electron chi connectivity index (χ0n) is 11.7. The van der Waals surface area contributed by atoms with Crippen LogP contribution in [0.3, 0.4) is 0 Å². The van der Waals surface area contributed by atoms with E-state index < -0.39 is 0 Å². The summed E-state index contributed by atoms with van der Waals surface area (Å²) >= 11 is 1.66. The Morgan fingerprint density at radius 1 is 1.29 bits per heavy atom. The molecule has 0 fully saturated rings. The zero-order valence-corrected chi connectivity index (χ0v) is 12.5. The first-order valence-electron chi connectivity index (χ1n) is 6.79. The second-order valence-electron chi connectivity index (χ2n) is 5.30. The second-order valence-corrected chi connectivity index (χ2v) is 6.39. The van der Waals surface area contributed by atoms with Crippen LogP contribution in [0, 0.1) is 6.92 Å². The number of anilines is 2. The lowest BCUT2D eigenvalue weighted by Gasteiger charge is -2.16. The van der Waals surface area contributed by atoms with Crippen molar-refractivity contribution >= 4 is 22.4 Å². The molecule has 1 aliphatic rings. The summed E-state index contributed by atoms with van der Waals surface area (Å²) in [6, 6.07) is 0. The van der Waals surface area contributed by atoms with E-state index in [4.69, 9.17) is 0 Å². The minimum Gasteiger partial charge on any atom is -0.300 e. The van der Waals surface area contributed by atoms with Crippen LogP contribution in [0.25, 0.3) is 11.3 Å². The van der Waals surface area contributed by atoms with Crippen molar-refractivity contribution < 1.29 is 0 Å². The van der Waals surface area contributed by atoms with Crippen molar-refractivity contribution in [3.63, 3.8) is 0 Å². The second kappa shape index (κ2) is 4.63. The highest BCUT2D eigenvalue weighted by Gasteiger charge is 2.27. The minimum atomic E-state index is 0.443. The van der Waals surface area contributed by atoms with Crippen LogP contribution in [0.1, 0.15) is 29.0 Å². The summed E-state index contributed by atoms with van der Waals surface area (Å²) in [5, 5.41) is 11.2. The number of aryl methyl sites for hydroxylation is 1. The molecule has 3 heterocycles. The first kappa shape index (κ1) is 12.5. The molecule has 0 aliphatic heterocycles. The molecular formula is C14H14N6S. The monoisotopic (exact) mass is 298 g/mol. The minimum absolute atomic E-state index is 0.443. The van der Waals surface area contributed by atoms with Crippen molar-refractivity contribution in [1.82, 2.24) is 25.1 Å². The SMILES string of the molecule is Cc1cnc(Nc2nc3c(s2)CC(C)c2[nH]ncc2-3)nc1. The number of nitrogens with zero attached hydrogens (tertiary/aromatic N) is 4. The van der Waals surface area contributed by atoms with E-state index >= 15 is 0 Å². The first-order chi connectivity index (χ1) is 10.2. The first-order valence-corrected chi connectivity index (χ1v) is 7.61. The van der Waals surface area contributed by atoms with Crippen molar-refractivity contribution in [3.8, 4) is 11.3 Å². The third-order valence-electron chi connectivity index (χ3n) is 3.61. The Hall–Kier alpha value is -2.28. The summed E-state index contributed by atoms with van der Waals surface area (Å²) in [6.45, 7) is 4.17. The molecule has 0 amide bonds. The van der Waals surface area contributed by atoms with Gasteiger partial charge in [-0.05, 0) is 18.9 Å². The van der Waals surface area contributed by atoms with Gasteiger partial charge in [-0.1, -0.05) is 6.92 Å². The highest BCUT2D eigenvalue weighted by molar-refractivity contribution is 7.16. The van der Waals surface area contributed by atoms with Crippen LogP contribution >= 0.6 is 11.3 Å². The number of hydrogen-bond donors (Lipinski definition) is 2. The number of H-pyrrole nitrogens is 1. The average Bonchev–Trinajstić information content (AvgIpc) is 3.07. The summed E-state index contributed by atoms with van der Waals surface area (Å²) < 4.78 is 0. The van der Waals surface area contributed by atoms with Gasteiger partial charge in [-0.15, -0.1) is 11.3 Å². The normalized spacial score (nSPS) is 16.4. The smallest absolute Gasteiger partial charge is 0.228 e. The Morgan fingerprint density at radius 3 is 2.90 bits per heavy atom. The van der Waals surface area contributed by atoms with Gasteiger partial charge < -0.3 is 5.32 Å². The van der Waals surface area contributed by atoms with Crippen LogP contribution in [0.2, 0.25) is 0 Å². The van der Waals surface area contributed by atoms with Crippen molar-refractivity contribution in [2.75, 3.05) is 5.32 Å². The van der Waals surface area contributed by atoms with Crippen LogP contribution in [0.15, 0.2) is 18.6 Å². The van der Waals surface area contributed by atoms with E-state index in [-0.39, 0.29) is 0 Å². The van der Waals surface area contributed by atoms with Gasteiger partial charge in [0, 0.05) is 34.4 Å². The molecule has 106 valence electrons. The van der Waals surface area contributed by atoms with Gasteiger partial charge in [0.05, 0.1) is 11.9 Å². The summed E-state index contributed by atoms with van der Waals surface area (Å²) in [6.07, 6.45) is 6.42. The molecule has 7 heteroatoms. The molecule has 21 heavy (non-hydrogen) atoms.